The second-order valence-corrected chi connectivity index (χ2v) is 7.77. The minimum atomic E-state index is -3.75. The molecule has 4 N–H and O–H groups in total. The van der Waals surface area contributed by atoms with E-state index in [1.807, 2.05) is 0 Å². The molecule has 8 nitrogen and oxygen atoms in total. The van der Waals surface area contributed by atoms with Crippen molar-refractivity contribution in [3.8, 4) is 0 Å². The van der Waals surface area contributed by atoms with E-state index in [4.69, 9.17) is 5.14 Å². The Labute approximate surface area is 168 Å². The van der Waals surface area contributed by atoms with Gasteiger partial charge in [0.25, 0.3) is 0 Å². The summed E-state index contributed by atoms with van der Waals surface area (Å²) >= 11 is 0. The Morgan fingerprint density at radius 2 is 1.93 bits per heavy atom. The van der Waals surface area contributed by atoms with Crippen LogP contribution in [0.15, 0.2) is 65.7 Å². The second kappa shape index (κ2) is 8.29. The van der Waals surface area contributed by atoms with Gasteiger partial charge in [-0.1, -0.05) is 18.2 Å². The smallest absolute Gasteiger partial charge is 0.330 e. The predicted molar refractivity (Wildman–Crippen MR) is 109 cm³/mol. The molecule has 1 aliphatic rings. The molecule has 9 heteroatoms. The molecule has 1 aliphatic heterocycles. The molecule has 150 valence electrons. The van der Waals surface area contributed by atoms with E-state index >= 15 is 0 Å². The van der Waals surface area contributed by atoms with Crippen LogP contribution in [0.4, 0.5) is 11.4 Å². The number of carbonyl (C=O) groups is 2. The largest absolute Gasteiger partial charge is 0.466 e. The van der Waals surface area contributed by atoms with E-state index < -0.39 is 21.9 Å². The lowest BCUT2D eigenvalue weighted by molar-refractivity contribution is -0.134. The zero-order valence-electron chi connectivity index (χ0n) is 15.5. The Kier molecular flexibility index (Phi) is 5.81. The summed E-state index contributed by atoms with van der Waals surface area (Å²) < 4.78 is 27.2. The number of benzene rings is 2. The lowest BCUT2D eigenvalue weighted by Crippen LogP contribution is -2.12. The molecule has 0 radical (unpaired) electrons. The summed E-state index contributed by atoms with van der Waals surface area (Å²) in [7, 11) is -2.46. The number of sulfonamides is 1. The molecule has 29 heavy (non-hydrogen) atoms. The number of hydrogen-bond acceptors (Lipinski definition) is 6. The fourth-order valence-corrected chi connectivity index (χ4v) is 3.43. The Balaban J connectivity index is 1.80. The molecular weight excluding hydrogens is 394 g/mol. The Morgan fingerprint density at radius 1 is 1.21 bits per heavy atom. The Hall–Kier alpha value is -3.43. The molecule has 1 amide bonds. The first-order chi connectivity index (χ1) is 13.8. The van der Waals surface area contributed by atoms with Crippen molar-refractivity contribution in [2.75, 3.05) is 17.7 Å². The van der Waals surface area contributed by atoms with Crippen LogP contribution >= 0.6 is 0 Å². The Morgan fingerprint density at radius 3 is 2.59 bits per heavy atom. The summed E-state index contributed by atoms with van der Waals surface area (Å²) in [5, 5.41) is 10.9. The number of carbonyl (C=O) groups excluding carboxylic acids is 2. The number of nitrogens with one attached hydrogen (secondary N) is 2. The number of rotatable bonds is 6. The topological polar surface area (TPSA) is 128 Å². The van der Waals surface area contributed by atoms with Crippen LogP contribution in [-0.2, 0) is 24.3 Å². The van der Waals surface area contributed by atoms with Crippen molar-refractivity contribution in [1.29, 1.82) is 0 Å². The maximum absolute atomic E-state index is 12.4. The molecule has 0 aliphatic carbocycles. The maximum atomic E-state index is 12.4. The standard InChI is InChI=1S/C20H19N3O5S/c1-28-18(24)10-5-13-3-2-4-17-19(13)16(20(25)23-17)11-12-22-14-6-8-15(9-7-14)29(21,26)27/h2-12,16,22H,1H3,(H,23,25)(H2,21,26,27)/b10-5+,12-11+. The van der Waals surface area contributed by atoms with Crippen LogP contribution in [0, 0.1) is 0 Å². The van der Waals surface area contributed by atoms with E-state index in [-0.39, 0.29) is 10.8 Å². The summed E-state index contributed by atoms with van der Waals surface area (Å²) in [6, 6.07) is 11.3. The van der Waals surface area contributed by atoms with E-state index in [1.54, 1.807) is 48.7 Å². The quantitative estimate of drug-likeness (QED) is 0.492. The van der Waals surface area contributed by atoms with Gasteiger partial charge in [0, 0.05) is 17.5 Å². The predicted octanol–water partition coefficient (Wildman–Crippen LogP) is 2.18. The molecule has 0 saturated carbocycles. The summed E-state index contributed by atoms with van der Waals surface area (Å²) in [6.07, 6.45) is 6.19. The van der Waals surface area contributed by atoms with Gasteiger partial charge in [-0.25, -0.2) is 18.4 Å². The number of methoxy groups -OCH3 is 1. The fourth-order valence-electron chi connectivity index (χ4n) is 2.92. The monoisotopic (exact) mass is 413 g/mol. The molecular formula is C20H19N3O5S. The number of primary sulfonamides is 1. The highest BCUT2D eigenvalue weighted by molar-refractivity contribution is 7.89. The van der Waals surface area contributed by atoms with Crippen LogP contribution in [0.25, 0.3) is 6.08 Å². The van der Waals surface area contributed by atoms with E-state index in [0.717, 1.165) is 11.1 Å². The molecule has 3 rings (SSSR count). The van der Waals surface area contributed by atoms with Crippen LogP contribution in [0.3, 0.4) is 0 Å². The van der Waals surface area contributed by atoms with Gasteiger partial charge in [-0.05, 0) is 53.7 Å². The van der Waals surface area contributed by atoms with Gasteiger partial charge in [0.15, 0.2) is 0 Å². The van der Waals surface area contributed by atoms with E-state index in [2.05, 4.69) is 15.4 Å². The van der Waals surface area contributed by atoms with Crippen molar-refractivity contribution in [2.24, 2.45) is 5.14 Å². The van der Waals surface area contributed by atoms with Crippen molar-refractivity contribution >= 4 is 39.4 Å². The number of ether oxygens (including phenoxy) is 1. The fraction of sp³-hybridized carbons (Fsp3) is 0.100. The first-order valence-electron chi connectivity index (χ1n) is 8.55. The third-order valence-corrected chi connectivity index (χ3v) is 5.24. The van der Waals surface area contributed by atoms with E-state index in [0.29, 0.717) is 11.4 Å². The molecule has 0 saturated heterocycles. The van der Waals surface area contributed by atoms with Gasteiger partial charge in [-0.15, -0.1) is 0 Å². The summed E-state index contributed by atoms with van der Waals surface area (Å²) in [4.78, 5) is 23.8. The number of esters is 1. The van der Waals surface area contributed by atoms with E-state index in [1.165, 1.54) is 25.3 Å². The summed E-state index contributed by atoms with van der Waals surface area (Å²) in [6.45, 7) is 0. The van der Waals surface area contributed by atoms with Crippen LogP contribution in [-0.4, -0.2) is 27.4 Å². The lowest BCUT2D eigenvalue weighted by atomic mass is 9.95. The SMILES string of the molecule is COC(=O)/C=C/c1cccc2c1C(/C=C/Nc1ccc(S(N)(=O)=O)cc1)C(=O)N2. The van der Waals surface area contributed by atoms with Crippen molar-refractivity contribution < 1.29 is 22.7 Å². The zero-order valence-corrected chi connectivity index (χ0v) is 16.3. The van der Waals surface area contributed by atoms with Gasteiger partial charge < -0.3 is 15.4 Å². The van der Waals surface area contributed by atoms with E-state index in [9.17, 15) is 18.0 Å². The molecule has 0 fully saturated rings. The molecule has 1 heterocycles. The average Bonchev–Trinajstić information content (AvgIpc) is 3.01. The number of anilines is 2. The van der Waals surface area contributed by atoms with Crippen molar-refractivity contribution in [1.82, 2.24) is 0 Å². The molecule has 2 aromatic carbocycles. The molecule has 0 aromatic heterocycles. The molecule has 0 bridgehead atoms. The third-order valence-electron chi connectivity index (χ3n) is 4.31. The Bertz CT molecular complexity index is 1110. The first kappa shape index (κ1) is 20.3. The van der Waals surface area contributed by atoms with Crippen molar-refractivity contribution in [2.45, 2.75) is 10.8 Å². The highest BCUT2D eigenvalue weighted by Crippen LogP contribution is 2.36. The lowest BCUT2D eigenvalue weighted by Gasteiger charge is -2.08. The van der Waals surface area contributed by atoms with Crippen molar-refractivity contribution in [3.05, 3.63) is 71.9 Å². The average molecular weight is 413 g/mol. The number of fused-ring (bicyclic) bond motifs is 1. The minimum absolute atomic E-state index is 0.0122. The first-order valence-corrected chi connectivity index (χ1v) is 10.1. The van der Waals surface area contributed by atoms with Gasteiger partial charge in [0.05, 0.1) is 17.9 Å². The summed E-state index contributed by atoms with van der Waals surface area (Å²) in [5.41, 5.74) is 2.78. The number of amides is 1. The van der Waals surface area contributed by atoms with Crippen LogP contribution in [0.1, 0.15) is 17.0 Å². The van der Waals surface area contributed by atoms with Crippen molar-refractivity contribution in [3.63, 3.8) is 0 Å². The number of hydrogen-bond donors (Lipinski definition) is 3. The third kappa shape index (κ3) is 4.71. The summed E-state index contributed by atoms with van der Waals surface area (Å²) in [5.74, 6) is -1.24. The van der Waals surface area contributed by atoms with Gasteiger partial charge in [-0.3, -0.25) is 4.79 Å². The highest BCUT2D eigenvalue weighted by Gasteiger charge is 2.30. The van der Waals surface area contributed by atoms with Gasteiger partial charge in [0.2, 0.25) is 15.9 Å². The number of nitrogens with two attached hydrogens (primary N) is 1. The molecule has 0 spiro atoms. The normalized spacial score (nSPS) is 16.1. The second-order valence-electron chi connectivity index (χ2n) is 6.20. The molecule has 1 atom stereocenters. The van der Waals surface area contributed by atoms with Crippen LogP contribution in [0.5, 0.6) is 0 Å². The van der Waals surface area contributed by atoms with Crippen LogP contribution < -0.4 is 15.8 Å². The van der Waals surface area contributed by atoms with Gasteiger partial charge in [-0.2, -0.15) is 0 Å². The molecule has 1 unspecified atom stereocenters. The maximum Gasteiger partial charge on any atom is 0.330 e. The zero-order chi connectivity index (χ0) is 21.0. The van der Waals surface area contributed by atoms with Gasteiger partial charge >= 0.3 is 5.97 Å². The molecule has 2 aromatic rings. The minimum Gasteiger partial charge on any atom is -0.466 e. The highest BCUT2D eigenvalue weighted by atomic mass is 32.2. The van der Waals surface area contributed by atoms with Crippen LogP contribution in [0.2, 0.25) is 0 Å². The van der Waals surface area contributed by atoms with Gasteiger partial charge in [0.1, 0.15) is 0 Å².